The number of carboxylic acid groups (broad SMARTS) is 1. The van der Waals surface area contributed by atoms with Crippen molar-refractivity contribution in [3.63, 3.8) is 0 Å². The fourth-order valence-electron chi connectivity index (χ4n) is 1.94. The van der Waals surface area contributed by atoms with E-state index in [-0.39, 0.29) is 35.3 Å². The number of para-hydroxylation sites is 1. The number of carboxylic acids is 1. The molecule has 1 N–H and O–H groups in total. The molecule has 20 heavy (non-hydrogen) atoms. The van der Waals surface area contributed by atoms with Crippen LogP contribution in [0.25, 0.3) is 0 Å². The predicted molar refractivity (Wildman–Crippen MR) is 74.2 cm³/mol. The molecule has 0 saturated heterocycles. The third-order valence-corrected chi connectivity index (χ3v) is 3.55. The number of ether oxygens (including phenoxy) is 1. The predicted octanol–water partition coefficient (Wildman–Crippen LogP) is 1.37. The smallest absolute Gasteiger partial charge is 0.339 e. The second-order valence-electron chi connectivity index (χ2n) is 4.00. The van der Waals surface area contributed by atoms with E-state index in [1.807, 2.05) is 6.07 Å². The number of amides is 1. The van der Waals surface area contributed by atoms with Gasteiger partial charge in [-0.05, 0) is 12.1 Å². The Bertz CT molecular complexity index is 582. The van der Waals surface area contributed by atoms with E-state index in [1.165, 1.54) is 22.7 Å². The van der Waals surface area contributed by atoms with E-state index in [2.05, 4.69) is 0 Å². The van der Waals surface area contributed by atoms with Crippen LogP contribution < -0.4 is 9.64 Å². The van der Waals surface area contributed by atoms with Crippen LogP contribution in [0.15, 0.2) is 18.2 Å². The van der Waals surface area contributed by atoms with Crippen molar-refractivity contribution in [3.05, 3.63) is 23.8 Å². The van der Waals surface area contributed by atoms with Crippen LogP contribution in [0.4, 0.5) is 5.69 Å². The van der Waals surface area contributed by atoms with Gasteiger partial charge in [0, 0.05) is 0 Å². The maximum Gasteiger partial charge on any atom is 0.339 e. The van der Waals surface area contributed by atoms with Gasteiger partial charge in [0.25, 0.3) is 0 Å². The average Bonchev–Trinajstić information content (AvgIpc) is 2.46. The van der Waals surface area contributed by atoms with Crippen LogP contribution in [0, 0.1) is 11.3 Å². The molecule has 6 nitrogen and oxygen atoms in total. The van der Waals surface area contributed by atoms with Gasteiger partial charge in [-0.1, -0.05) is 6.07 Å². The van der Waals surface area contributed by atoms with Crippen molar-refractivity contribution in [2.24, 2.45) is 0 Å². The maximum absolute atomic E-state index is 12.1. The molecule has 0 aromatic heterocycles. The SMILES string of the molecule is N#CCSCC(=O)N1CCOc2c(C(=O)O)cccc21. The van der Waals surface area contributed by atoms with E-state index < -0.39 is 5.97 Å². The van der Waals surface area contributed by atoms with Gasteiger partial charge in [-0.2, -0.15) is 5.26 Å². The van der Waals surface area contributed by atoms with Crippen LogP contribution in [0.5, 0.6) is 5.75 Å². The molecule has 0 spiro atoms. The highest BCUT2D eigenvalue weighted by atomic mass is 32.2. The van der Waals surface area contributed by atoms with E-state index in [0.717, 1.165) is 0 Å². The number of rotatable bonds is 4. The minimum atomic E-state index is -1.09. The number of aromatic carboxylic acids is 1. The number of anilines is 1. The van der Waals surface area contributed by atoms with Crippen LogP contribution in [0.3, 0.4) is 0 Å². The second kappa shape index (κ2) is 6.30. The first kappa shape index (κ1) is 14.2. The second-order valence-corrected chi connectivity index (χ2v) is 4.99. The molecule has 2 rings (SSSR count). The lowest BCUT2D eigenvalue weighted by molar-refractivity contribution is -0.116. The number of carbonyl (C=O) groups is 2. The van der Waals surface area contributed by atoms with Gasteiger partial charge < -0.3 is 14.7 Å². The quantitative estimate of drug-likeness (QED) is 0.843. The normalized spacial score (nSPS) is 13.1. The standard InChI is InChI=1S/C13H12N2O4S/c14-4-7-20-8-11(16)15-5-6-19-12-9(13(17)18)2-1-3-10(12)15/h1-3H,5-8H2,(H,17,18). The first-order valence-corrected chi connectivity index (χ1v) is 7.04. The van der Waals surface area contributed by atoms with Crippen molar-refractivity contribution < 1.29 is 19.4 Å². The van der Waals surface area contributed by atoms with Crippen molar-refractivity contribution in [2.75, 3.05) is 29.6 Å². The Morgan fingerprint density at radius 1 is 1.50 bits per heavy atom. The van der Waals surface area contributed by atoms with E-state index >= 15 is 0 Å². The number of carbonyl (C=O) groups excluding carboxylic acids is 1. The summed E-state index contributed by atoms with van der Waals surface area (Å²) in [5.74, 6) is -0.584. The summed E-state index contributed by atoms with van der Waals surface area (Å²) in [5.41, 5.74) is 0.517. The first-order chi connectivity index (χ1) is 9.65. The Hall–Kier alpha value is -2.20. The van der Waals surface area contributed by atoms with Crippen LogP contribution in [-0.4, -0.2) is 41.6 Å². The molecule has 1 aliphatic heterocycles. The van der Waals surface area contributed by atoms with Crippen LogP contribution in [0.1, 0.15) is 10.4 Å². The summed E-state index contributed by atoms with van der Waals surface area (Å²) in [4.78, 5) is 24.8. The number of benzene rings is 1. The molecule has 0 radical (unpaired) electrons. The summed E-state index contributed by atoms with van der Waals surface area (Å²) >= 11 is 1.23. The monoisotopic (exact) mass is 292 g/mol. The molecule has 1 heterocycles. The van der Waals surface area contributed by atoms with Gasteiger partial charge >= 0.3 is 5.97 Å². The molecule has 0 fully saturated rings. The molecule has 0 atom stereocenters. The van der Waals surface area contributed by atoms with Crippen molar-refractivity contribution in [1.29, 1.82) is 5.26 Å². The largest absolute Gasteiger partial charge is 0.489 e. The van der Waals surface area contributed by atoms with E-state index in [9.17, 15) is 9.59 Å². The van der Waals surface area contributed by atoms with E-state index in [0.29, 0.717) is 12.2 Å². The maximum atomic E-state index is 12.1. The van der Waals surface area contributed by atoms with Crippen molar-refractivity contribution >= 4 is 29.3 Å². The Morgan fingerprint density at radius 2 is 2.30 bits per heavy atom. The minimum absolute atomic E-state index is 0.0460. The molecule has 0 aliphatic carbocycles. The van der Waals surface area contributed by atoms with Gasteiger partial charge in [-0.15, -0.1) is 11.8 Å². The molecule has 0 unspecified atom stereocenters. The zero-order valence-electron chi connectivity index (χ0n) is 10.5. The minimum Gasteiger partial charge on any atom is -0.489 e. The van der Waals surface area contributed by atoms with E-state index in [4.69, 9.17) is 15.1 Å². The third-order valence-electron chi connectivity index (χ3n) is 2.77. The number of hydrogen-bond donors (Lipinski definition) is 1. The zero-order chi connectivity index (χ0) is 14.5. The number of nitriles is 1. The highest BCUT2D eigenvalue weighted by Crippen LogP contribution is 2.35. The van der Waals surface area contributed by atoms with Crippen molar-refractivity contribution in [1.82, 2.24) is 0 Å². The first-order valence-electron chi connectivity index (χ1n) is 5.89. The van der Waals surface area contributed by atoms with Crippen LogP contribution in [0.2, 0.25) is 0 Å². The van der Waals surface area contributed by atoms with Crippen LogP contribution in [-0.2, 0) is 4.79 Å². The van der Waals surface area contributed by atoms with Gasteiger partial charge in [0.2, 0.25) is 5.91 Å². The number of thioether (sulfide) groups is 1. The molecule has 0 saturated carbocycles. The Labute approximate surface area is 119 Å². The fourth-order valence-corrected chi connectivity index (χ4v) is 2.46. The third kappa shape index (κ3) is 2.86. The summed E-state index contributed by atoms with van der Waals surface area (Å²) in [6.07, 6.45) is 0. The number of fused-ring (bicyclic) bond motifs is 1. The number of nitrogens with zero attached hydrogens (tertiary/aromatic N) is 2. The summed E-state index contributed by atoms with van der Waals surface area (Å²) < 4.78 is 5.39. The topological polar surface area (TPSA) is 90.6 Å². The summed E-state index contributed by atoms with van der Waals surface area (Å²) in [6, 6.07) is 6.65. The van der Waals surface area contributed by atoms with Gasteiger partial charge in [-0.25, -0.2) is 4.79 Å². The van der Waals surface area contributed by atoms with Gasteiger partial charge in [0.1, 0.15) is 12.2 Å². The lowest BCUT2D eigenvalue weighted by Gasteiger charge is -2.30. The average molecular weight is 292 g/mol. The zero-order valence-corrected chi connectivity index (χ0v) is 11.4. The van der Waals surface area contributed by atoms with E-state index in [1.54, 1.807) is 12.1 Å². The van der Waals surface area contributed by atoms with Crippen molar-refractivity contribution in [2.45, 2.75) is 0 Å². The summed E-state index contributed by atoms with van der Waals surface area (Å²) in [6.45, 7) is 0.633. The highest BCUT2D eigenvalue weighted by Gasteiger charge is 2.27. The highest BCUT2D eigenvalue weighted by molar-refractivity contribution is 8.00. The Kier molecular flexibility index (Phi) is 4.48. The fraction of sp³-hybridized carbons (Fsp3) is 0.308. The molecular weight excluding hydrogens is 280 g/mol. The number of hydrogen-bond acceptors (Lipinski definition) is 5. The summed E-state index contributed by atoms with van der Waals surface area (Å²) in [7, 11) is 0. The molecule has 1 aromatic rings. The van der Waals surface area contributed by atoms with Gasteiger partial charge in [-0.3, -0.25) is 4.79 Å². The lowest BCUT2D eigenvalue weighted by atomic mass is 10.1. The summed E-state index contributed by atoms with van der Waals surface area (Å²) in [5, 5.41) is 17.6. The van der Waals surface area contributed by atoms with Crippen molar-refractivity contribution in [3.8, 4) is 11.8 Å². The molecular formula is C13H12N2O4S. The molecule has 1 amide bonds. The molecule has 1 aromatic carbocycles. The van der Waals surface area contributed by atoms with Gasteiger partial charge in [0.05, 0.1) is 29.8 Å². The molecule has 1 aliphatic rings. The Balaban J connectivity index is 2.25. The molecule has 104 valence electrons. The van der Waals surface area contributed by atoms with Crippen LogP contribution >= 0.6 is 11.8 Å². The molecule has 7 heteroatoms. The molecule has 0 bridgehead atoms. The Morgan fingerprint density at radius 3 is 3.00 bits per heavy atom. The van der Waals surface area contributed by atoms with Gasteiger partial charge in [0.15, 0.2) is 5.75 Å². The lowest BCUT2D eigenvalue weighted by Crippen LogP contribution is -2.39.